The number of carboxylic acid groups (broad SMARTS) is 1. The van der Waals surface area contributed by atoms with E-state index in [-0.39, 0.29) is 12.2 Å². The number of hydrogen-bond donors (Lipinski definition) is 6. The maximum absolute atomic E-state index is 12.9. The van der Waals surface area contributed by atoms with Gasteiger partial charge in [-0.3, -0.25) is 9.59 Å². The van der Waals surface area contributed by atoms with Crippen LogP contribution in [0, 0.1) is 0 Å². The van der Waals surface area contributed by atoms with Crippen molar-refractivity contribution in [2.24, 2.45) is 11.5 Å². The lowest BCUT2D eigenvalue weighted by Gasteiger charge is -2.23. The number of carboxylic acids is 1. The Bertz CT molecular complexity index is 905. The van der Waals surface area contributed by atoms with Gasteiger partial charge in [0.25, 0.3) is 0 Å². The fourth-order valence-corrected chi connectivity index (χ4v) is 3.34. The highest BCUT2D eigenvalue weighted by atomic mass is 16.4. The Hall–Kier alpha value is -3.43. The third-order valence-corrected chi connectivity index (χ3v) is 5.21. The quantitative estimate of drug-likeness (QED) is 0.241. The van der Waals surface area contributed by atoms with Gasteiger partial charge in [-0.25, -0.2) is 4.79 Å². The van der Waals surface area contributed by atoms with Crippen molar-refractivity contribution in [3.05, 3.63) is 65.7 Å². The number of nitrogens with one attached hydrogen (secondary N) is 2. The van der Waals surface area contributed by atoms with Gasteiger partial charge in [0.15, 0.2) is 0 Å². The largest absolute Gasteiger partial charge is 0.508 e. The smallest absolute Gasteiger partial charge is 0.326 e. The molecule has 0 saturated carbocycles. The van der Waals surface area contributed by atoms with E-state index in [0.29, 0.717) is 37.8 Å². The third kappa shape index (κ3) is 8.91. The van der Waals surface area contributed by atoms with Gasteiger partial charge >= 0.3 is 5.97 Å². The molecule has 0 bridgehead atoms. The molecule has 0 aliphatic carbocycles. The molecule has 178 valence electrons. The molecule has 2 aromatic rings. The fourth-order valence-electron chi connectivity index (χ4n) is 3.34. The first kappa shape index (κ1) is 25.8. The summed E-state index contributed by atoms with van der Waals surface area (Å²) in [6.45, 7) is 0.439. The summed E-state index contributed by atoms with van der Waals surface area (Å²) in [5.74, 6) is -2.23. The summed E-state index contributed by atoms with van der Waals surface area (Å²) in [7, 11) is 0. The zero-order chi connectivity index (χ0) is 24.2. The van der Waals surface area contributed by atoms with Crippen LogP contribution in [0.25, 0.3) is 0 Å². The lowest BCUT2D eigenvalue weighted by molar-refractivity contribution is -0.142. The van der Waals surface area contributed by atoms with Gasteiger partial charge in [0.2, 0.25) is 11.8 Å². The monoisotopic (exact) mass is 456 g/mol. The van der Waals surface area contributed by atoms with E-state index in [2.05, 4.69) is 10.6 Å². The summed E-state index contributed by atoms with van der Waals surface area (Å²) in [6.07, 6.45) is 1.88. The molecule has 0 aromatic heterocycles. The maximum atomic E-state index is 12.9. The van der Waals surface area contributed by atoms with E-state index in [9.17, 15) is 24.6 Å². The Labute approximate surface area is 193 Å². The first-order valence-corrected chi connectivity index (χ1v) is 10.9. The maximum Gasteiger partial charge on any atom is 0.326 e. The minimum atomic E-state index is -1.20. The van der Waals surface area contributed by atoms with Crippen LogP contribution in [0.3, 0.4) is 0 Å². The van der Waals surface area contributed by atoms with Gasteiger partial charge in [-0.15, -0.1) is 0 Å². The predicted molar refractivity (Wildman–Crippen MR) is 124 cm³/mol. The molecule has 9 nitrogen and oxygen atoms in total. The van der Waals surface area contributed by atoms with Crippen molar-refractivity contribution in [3.8, 4) is 5.75 Å². The number of amides is 2. The second-order valence-corrected chi connectivity index (χ2v) is 7.91. The Morgan fingerprint density at radius 2 is 1.42 bits per heavy atom. The van der Waals surface area contributed by atoms with E-state index in [4.69, 9.17) is 11.5 Å². The van der Waals surface area contributed by atoms with Crippen LogP contribution in [0.1, 0.15) is 30.4 Å². The molecule has 0 spiro atoms. The van der Waals surface area contributed by atoms with Gasteiger partial charge in [-0.1, -0.05) is 42.5 Å². The Morgan fingerprint density at radius 3 is 2.03 bits per heavy atom. The predicted octanol–water partition coefficient (Wildman–Crippen LogP) is 0.688. The summed E-state index contributed by atoms with van der Waals surface area (Å²) >= 11 is 0. The molecule has 2 aromatic carbocycles. The highest BCUT2D eigenvalue weighted by Crippen LogP contribution is 2.12. The SMILES string of the molecule is NCCCC[C@H](NC(=O)[C@@H](N)Cc1ccccc1)C(=O)N[C@@H](Cc1ccc(O)cc1)C(=O)O. The zero-order valence-corrected chi connectivity index (χ0v) is 18.4. The van der Waals surface area contributed by atoms with Crippen LogP contribution < -0.4 is 22.1 Å². The van der Waals surface area contributed by atoms with Crippen molar-refractivity contribution in [2.75, 3.05) is 6.54 Å². The molecule has 0 aliphatic rings. The van der Waals surface area contributed by atoms with E-state index in [0.717, 1.165) is 5.56 Å². The van der Waals surface area contributed by atoms with Gasteiger partial charge in [0.05, 0.1) is 6.04 Å². The second kappa shape index (κ2) is 13.2. The normalized spacial score (nSPS) is 13.5. The Balaban J connectivity index is 2.04. The lowest BCUT2D eigenvalue weighted by atomic mass is 10.0. The summed E-state index contributed by atoms with van der Waals surface area (Å²) in [4.78, 5) is 37.3. The number of phenols is 1. The number of carbonyl (C=O) groups is 3. The molecular weight excluding hydrogens is 424 g/mol. The number of aromatic hydroxyl groups is 1. The fraction of sp³-hybridized carbons (Fsp3) is 0.375. The molecule has 2 amide bonds. The molecule has 0 heterocycles. The van der Waals surface area contributed by atoms with Gasteiger partial charge in [0.1, 0.15) is 17.8 Å². The van der Waals surface area contributed by atoms with E-state index in [1.54, 1.807) is 12.1 Å². The molecular formula is C24H32N4O5. The highest BCUT2D eigenvalue weighted by molar-refractivity contribution is 5.91. The van der Waals surface area contributed by atoms with E-state index in [1.165, 1.54) is 12.1 Å². The van der Waals surface area contributed by atoms with E-state index in [1.807, 2.05) is 30.3 Å². The van der Waals surface area contributed by atoms with Crippen LogP contribution >= 0.6 is 0 Å². The molecule has 0 unspecified atom stereocenters. The molecule has 33 heavy (non-hydrogen) atoms. The minimum absolute atomic E-state index is 0.0261. The standard InChI is InChI=1S/C24H32N4O5/c25-13-5-4-8-20(27-22(30)19(26)14-16-6-2-1-3-7-16)23(31)28-21(24(32)33)15-17-9-11-18(29)12-10-17/h1-3,6-7,9-12,19-21,29H,4-5,8,13-15,25-26H2,(H,27,30)(H,28,31)(H,32,33)/t19-,20-,21-/m0/s1. The summed E-state index contributed by atoms with van der Waals surface area (Å²) in [5.41, 5.74) is 13.1. The van der Waals surface area contributed by atoms with Crippen molar-refractivity contribution in [1.82, 2.24) is 10.6 Å². The van der Waals surface area contributed by atoms with Crippen molar-refractivity contribution in [2.45, 2.75) is 50.2 Å². The average Bonchev–Trinajstić information content (AvgIpc) is 2.79. The molecule has 0 fully saturated rings. The second-order valence-electron chi connectivity index (χ2n) is 7.91. The number of nitrogens with two attached hydrogens (primary N) is 2. The summed E-state index contributed by atoms with van der Waals surface area (Å²) < 4.78 is 0. The molecule has 3 atom stereocenters. The topological polar surface area (TPSA) is 168 Å². The van der Waals surface area contributed by atoms with Gasteiger partial charge in [-0.2, -0.15) is 0 Å². The van der Waals surface area contributed by atoms with Crippen LogP contribution in [0.4, 0.5) is 0 Å². The zero-order valence-electron chi connectivity index (χ0n) is 18.4. The molecule has 8 N–H and O–H groups in total. The Morgan fingerprint density at radius 1 is 0.818 bits per heavy atom. The highest BCUT2D eigenvalue weighted by Gasteiger charge is 2.28. The summed E-state index contributed by atoms with van der Waals surface area (Å²) in [6, 6.07) is 12.3. The van der Waals surface area contributed by atoms with Crippen molar-refractivity contribution < 1.29 is 24.6 Å². The number of rotatable bonds is 13. The van der Waals surface area contributed by atoms with Crippen molar-refractivity contribution >= 4 is 17.8 Å². The van der Waals surface area contributed by atoms with Crippen LogP contribution in [0.2, 0.25) is 0 Å². The number of hydrogen-bond acceptors (Lipinski definition) is 6. The van der Waals surface area contributed by atoms with E-state index < -0.39 is 35.9 Å². The number of phenolic OH excluding ortho intramolecular Hbond substituents is 1. The van der Waals surface area contributed by atoms with Gasteiger partial charge in [-0.05, 0) is 55.5 Å². The average molecular weight is 457 g/mol. The van der Waals surface area contributed by atoms with Crippen molar-refractivity contribution in [3.63, 3.8) is 0 Å². The minimum Gasteiger partial charge on any atom is -0.508 e. The van der Waals surface area contributed by atoms with E-state index >= 15 is 0 Å². The number of aliphatic carboxylic acids is 1. The van der Waals surface area contributed by atoms with Gasteiger partial charge < -0.3 is 32.3 Å². The lowest BCUT2D eigenvalue weighted by Crippen LogP contribution is -2.55. The van der Waals surface area contributed by atoms with Crippen LogP contribution in [-0.4, -0.2) is 52.7 Å². The molecule has 9 heteroatoms. The van der Waals surface area contributed by atoms with Crippen LogP contribution in [0.5, 0.6) is 5.75 Å². The molecule has 2 rings (SSSR count). The third-order valence-electron chi connectivity index (χ3n) is 5.21. The van der Waals surface area contributed by atoms with Crippen LogP contribution in [0.15, 0.2) is 54.6 Å². The molecule has 0 radical (unpaired) electrons. The first-order chi connectivity index (χ1) is 15.8. The molecule has 0 aliphatic heterocycles. The Kier molecular flexibility index (Phi) is 10.3. The summed E-state index contributed by atoms with van der Waals surface area (Å²) in [5, 5.41) is 24.2. The number of benzene rings is 2. The van der Waals surface area contributed by atoms with Gasteiger partial charge in [0, 0.05) is 6.42 Å². The van der Waals surface area contributed by atoms with Crippen molar-refractivity contribution in [1.29, 1.82) is 0 Å². The van der Waals surface area contributed by atoms with Crippen LogP contribution in [-0.2, 0) is 27.2 Å². The number of unbranched alkanes of at least 4 members (excludes halogenated alkanes) is 1. The number of carbonyl (C=O) groups excluding carboxylic acids is 2. The first-order valence-electron chi connectivity index (χ1n) is 10.9. The molecule has 0 saturated heterocycles.